The van der Waals surface area contributed by atoms with Crippen LogP contribution in [0.4, 0.5) is 5.69 Å². The van der Waals surface area contributed by atoms with Gasteiger partial charge in [0.05, 0.1) is 23.9 Å². The van der Waals surface area contributed by atoms with Crippen LogP contribution in [0.2, 0.25) is 0 Å². The summed E-state index contributed by atoms with van der Waals surface area (Å²) < 4.78 is 6.16. The Labute approximate surface area is 146 Å². The number of nitrogens with zero attached hydrogens (tertiary/aromatic N) is 2. The molecule has 1 N–H and O–H groups in total. The van der Waals surface area contributed by atoms with E-state index in [0.29, 0.717) is 28.1 Å². The molecule has 2 aromatic heterocycles. The molecule has 2 heterocycles. The zero-order chi connectivity index (χ0) is 17.8. The number of amides is 1. The summed E-state index contributed by atoms with van der Waals surface area (Å²) in [6, 6.07) is 8.04. The fourth-order valence-electron chi connectivity index (χ4n) is 2.27. The third-order valence-electron chi connectivity index (χ3n) is 3.44. The molecule has 7 nitrogen and oxygen atoms in total. The molecule has 0 radical (unpaired) electrons. The molecule has 0 aliphatic heterocycles. The van der Waals surface area contributed by atoms with E-state index in [1.807, 2.05) is 0 Å². The second kappa shape index (κ2) is 7.27. The number of rotatable bonds is 5. The van der Waals surface area contributed by atoms with Crippen molar-refractivity contribution in [1.82, 2.24) is 9.55 Å². The van der Waals surface area contributed by atoms with E-state index in [1.165, 1.54) is 22.2 Å². The second-order valence-corrected chi connectivity index (χ2v) is 6.06. The molecule has 8 heteroatoms. The van der Waals surface area contributed by atoms with Crippen molar-refractivity contribution < 1.29 is 14.3 Å². The fraction of sp³-hybridized carbons (Fsp3) is 0.176. The molecule has 0 spiro atoms. The summed E-state index contributed by atoms with van der Waals surface area (Å²) in [5.41, 5.74) is 0.679. The summed E-state index contributed by atoms with van der Waals surface area (Å²) in [4.78, 5) is 40.8. The van der Waals surface area contributed by atoms with Gasteiger partial charge in [-0.15, -0.1) is 11.3 Å². The molecule has 0 atom stereocenters. The third-order valence-corrected chi connectivity index (χ3v) is 4.26. The van der Waals surface area contributed by atoms with Crippen LogP contribution in [0.1, 0.15) is 17.3 Å². The lowest BCUT2D eigenvalue weighted by Gasteiger charge is -2.08. The van der Waals surface area contributed by atoms with Crippen LogP contribution < -0.4 is 10.9 Å². The first kappa shape index (κ1) is 16.8. The maximum absolute atomic E-state index is 12.3. The van der Waals surface area contributed by atoms with Crippen molar-refractivity contribution in [2.24, 2.45) is 0 Å². The Morgan fingerprint density at radius 3 is 2.72 bits per heavy atom. The number of aromatic nitrogens is 2. The number of carbonyl (C=O) groups excluding carboxylic acids is 2. The Hall–Kier alpha value is -3.00. The number of fused-ring (bicyclic) bond motifs is 1. The van der Waals surface area contributed by atoms with Gasteiger partial charge in [0.15, 0.2) is 0 Å². The zero-order valence-electron chi connectivity index (χ0n) is 13.4. The smallest absolute Gasteiger partial charge is 0.338 e. The molecule has 0 saturated heterocycles. The Morgan fingerprint density at radius 1 is 1.24 bits per heavy atom. The molecule has 0 bridgehead atoms. The van der Waals surface area contributed by atoms with Crippen LogP contribution in [0.15, 0.2) is 46.8 Å². The monoisotopic (exact) mass is 357 g/mol. The Morgan fingerprint density at radius 2 is 2.00 bits per heavy atom. The highest BCUT2D eigenvalue weighted by molar-refractivity contribution is 7.16. The summed E-state index contributed by atoms with van der Waals surface area (Å²) in [6.45, 7) is 1.89. The normalized spacial score (nSPS) is 10.6. The largest absolute Gasteiger partial charge is 0.462 e. The molecule has 0 aliphatic carbocycles. The zero-order valence-corrected chi connectivity index (χ0v) is 14.2. The van der Waals surface area contributed by atoms with Gasteiger partial charge in [0.25, 0.3) is 5.56 Å². The first-order valence-electron chi connectivity index (χ1n) is 7.58. The number of anilines is 1. The first-order chi connectivity index (χ1) is 12.1. The average molecular weight is 357 g/mol. The number of thiophene rings is 1. The topological polar surface area (TPSA) is 90.3 Å². The number of hydrogen-bond donors (Lipinski definition) is 1. The lowest BCUT2D eigenvalue weighted by molar-refractivity contribution is -0.116. The predicted octanol–water partition coefficient (Wildman–Crippen LogP) is 2.27. The van der Waals surface area contributed by atoms with Crippen LogP contribution in [0.25, 0.3) is 10.2 Å². The van der Waals surface area contributed by atoms with Crippen LogP contribution in [-0.2, 0) is 16.1 Å². The lowest BCUT2D eigenvalue weighted by Crippen LogP contribution is -2.27. The van der Waals surface area contributed by atoms with Gasteiger partial charge in [0.1, 0.15) is 11.4 Å². The van der Waals surface area contributed by atoms with E-state index in [0.717, 1.165) is 0 Å². The Kier molecular flexibility index (Phi) is 4.90. The van der Waals surface area contributed by atoms with Gasteiger partial charge in [-0.1, -0.05) is 0 Å². The van der Waals surface area contributed by atoms with Crippen LogP contribution >= 0.6 is 11.3 Å². The van der Waals surface area contributed by atoms with Gasteiger partial charge < -0.3 is 10.1 Å². The van der Waals surface area contributed by atoms with Gasteiger partial charge in [-0.2, -0.15) is 0 Å². The first-order valence-corrected chi connectivity index (χ1v) is 8.46. The van der Waals surface area contributed by atoms with E-state index in [1.54, 1.807) is 42.6 Å². The lowest BCUT2D eigenvalue weighted by atomic mass is 10.2. The minimum absolute atomic E-state index is 0.142. The highest BCUT2D eigenvalue weighted by atomic mass is 32.1. The van der Waals surface area contributed by atoms with Gasteiger partial charge in [-0.05, 0) is 42.6 Å². The highest BCUT2D eigenvalue weighted by Gasteiger charge is 2.10. The van der Waals surface area contributed by atoms with E-state index < -0.39 is 5.97 Å². The molecule has 0 aliphatic rings. The Bertz CT molecular complexity index is 975. The molecular formula is C17H15N3O4S. The van der Waals surface area contributed by atoms with Gasteiger partial charge in [0.2, 0.25) is 5.91 Å². The standard InChI is InChI=1S/C17H15N3O4S/c1-2-24-17(23)11-3-5-12(6-4-11)19-14(21)9-20-10-18-15-13(16(20)22)7-8-25-15/h3-8,10H,2,9H2,1H3,(H,19,21). The van der Waals surface area contributed by atoms with Crippen LogP contribution in [0.3, 0.4) is 0 Å². The Balaban J connectivity index is 1.68. The van der Waals surface area contributed by atoms with Gasteiger partial charge in [-0.25, -0.2) is 9.78 Å². The van der Waals surface area contributed by atoms with E-state index in [4.69, 9.17) is 4.74 Å². The summed E-state index contributed by atoms with van der Waals surface area (Å²) >= 11 is 1.38. The van der Waals surface area contributed by atoms with Crippen molar-refractivity contribution in [2.75, 3.05) is 11.9 Å². The quantitative estimate of drug-likeness (QED) is 0.708. The van der Waals surface area contributed by atoms with Gasteiger partial charge >= 0.3 is 5.97 Å². The number of esters is 1. The molecule has 1 amide bonds. The predicted molar refractivity (Wildman–Crippen MR) is 94.9 cm³/mol. The van der Waals surface area contributed by atoms with E-state index in [2.05, 4.69) is 10.3 Å². The second-order valence-electron chi connectivity index (χ2n) is 5.16. The maximum Gasteiger partial charge on any atom is 0.338 e. The van der Waals surface area contributed by atoms with Crippen LogP contribution in [0, 0.1) is 0 Å². The summed E-state index contributed by atoms with van der Waals surface area (Å²) in [5.74, 6) is -0.774. The van der Waals surface area contributed by atoms with Crippen molar-refractivity contribution in [3.05, 3.63) is 58.0 Å². The summed E-state index contributed by atoms with van der Waals surface area (Å²) in [6.07, 6.45) is 1.37. The minimum atomic E-state index is -0.415. The minimum Gasteiger partial charge on any atom is -0.462 e. The molecule has 25 heavy (non-hydrogen) atoms. The summed E-state index contributed by atoms with van der Waals surface area (Å²) in [5, 5.41) is 4.97. The van der Waals surface area contributed by atoms with Crippen molar-refractivity contribution in [3.8, 4) is 0 Å². The number of ether oxygens (including phenoxy) is 1. The molecule has 1 aromatic carbocycles. The van der Waals surface area contributed by atoms with E-state index in [9.17, 15) is 14.4 Å². The molecule has 0 unspecified atom stereocenters. The van der Waals surface area contributed by atoms with Crippen LogP contribution in [-0.4, -0.2) is 28.0 Å². The SMILES string of the molecule is CCOC(=O)c1ccc(NC(=O)Cn2cnc3sccc3c2=O)cc1. The van der Waals surface area contributed by atoms with Crippen molar-refractivity contribution in [3.63, 3.8) is 0 Å². The highest BCUT2D eigenvalue weighted by Crippen LogP contribution is 2.14. The van der Waals surface area contributed by atoms with E-state index in [-0.39, 0.29) is 18.0 Å². The number of benzene rings is 1. The van der Waals surface area contributed by atoms with Crippen molar-refractivity contribution >= 4 is 39.1 Å². The molecular weight excluding hydrogens is 342 g/mol. The molecule has 128 valence electrons. The van der Waals surface area contributed by atoms with Gasteiger partial charge in [0, 0.05) is 5.69 Å². The van der Waals surface area contributed by atoms with Crippen molar-refractivity contribution in [2.45, 2.75) is 13.5 Å². The van der Waals surface area contributed by atoms with Crippen molar-refractivity contribution in [1.29, 1.82) is 0 Å². The summed E-state index contributed by atoms with van der Waals surface area (Å²) in [7, 11) is 0. The van der Waals surface area contributed by atoms with Crippen LogP contribution in [0.5, 0.6) is 0 Å². The molecule has 0 saturated carbocycles. The maximum atomic E-state index is 12.3. The number of nitrogens with one attached hydrogen (secondary N) is 1. The van der Waals surface area contributed by atoms with Gasteiger partial charge in [-0.3, -0.25) is 14.2 Å². The molecule has 0 fully saturated rings. The van der Waals surface area contributed by atoms with E-state index >= 15 is 0 Å². The molecule has 3 rings (SSSR count). The average Bonchev–Trinajstić information content (AvgIpc) is 3.08. The number of carbonyl (C=O) groups is 2. The molecule has 3 aromatic rings. The number of hydrogen-bond acceptors (Lipinski definition) is 6. The third kappa shape index (κ3) is 3.74. The fourth-order valence-corrected chi connectivity index (χ4v) is 2.99.